The van der Waals surface area contributed by atoms with E-state index in [1.807, 2.05) is 20.8 Å². The lowest BCUT2D eigenvalue weighted by Gasteiger charge is -2.08. The molecule has 0 rings (SSSR count). The summed E-state index contributed by atoms with van der Waals surface area (Å²) in [5.74, 6) is 0.644. The van der Waals surface area contributed by atoms with Crippen LogP contribution >= 0.6 is 11.6 Å². The van der Waals surface area contributed by atoms with Gasteiger partial charge in [0.05, 0.1) is 5.75 Å². The van der Waals surface area contributed by atoms with Gasteiger partial charge in [0.15, 0.2) is 0 Å². The molecule has 0 aliphatic carbocycles. The van der Waals surface area contributed by atoms with Gasteiger partial charge in [-0.1, -0.05) is 13.8 Å². The summed E-state index contributed by atoms with van der Waals surface area (Å²) in [5, 5.41) is 0.116. The maximum Gasteiger partial charge on any atom is 0.211 e. The smallest absolute Gasteiger partial charge is 0.211 e. The zero-order valence-electron chi connectivity index (χ0n) is 9.79. The normalized spacial score (nSPS) is 14.5. The number of alkyl halides is 1. The predicted octanol–water partition coefficient (Wildman–Crippen LogP) is 2.36. The molecule has 0 spiro atoms. The molecule has 0 aromatic carbocycles. The molecule has 0 aliphatic heterocycles. The molecule has 0 radical (unpaired) electrons. The molecule has 0 saturated carbocycles. The van der Waals surface area contributed by atoms with Crippen molar-refractivity contribution in [1.82, 2.24) is 4.72 Å². The Morgan fingerprint density at radius 3 is 2.27 bits per heavy atom. The average Bonchev–Trinajstić information content (AvgIpc) is 2.09. The van der Waals surface area contributed by atoms with Crippen LogP contribution in [-0.4, -0.2) is 26.1 Å². The minimum Gasteiger partial charge on any atom is -0.215 e. The summed E-state index contributed by atoms with van der Waals surface area (Å²) < 4.78 is 25.5. The standard InChI is InChI=1S/C10H22ClNO2S/c1-9(2)6-8-15(13,14)12-7-4-5-10(3)11/h9-10,12H,4-8H2,1-3H3. The van der Waals surface area contributed by atoms with Crippen LogP contribution in [0.3, 0.4) is 0 Å². The first-order valence-corrected chi connectivity index (χ1v) is 7.54. The SMILES string of the molecule is CC(C)CCS(=O)(=O)NCCCC(C)Cl. The Hall–Kier alpha value is 0.200. The van der Waals surface area contributed by atoms with Gasteiger partial charge in [0.1, 0.15) is 0 Å². The van der Waals surface area contributed by atoms with Gasteiger partial charge in [-0.3, -0.25) is 0 Å². The molecule has 0 saturated heterocycles. The van der Waals surface area contributed by atoms with Gasteiger partial charge in [-0.15, -0.1) is 11.6 Å². The van der Waals surface area contributed by atoms with Gasteiger partial charge >= 0.3 is 0 Å². The van der Waals surface area contributed by atoms with Gasteiger partial charge in [-0.25, -0.2) is 13.1 Å². The van der Waals surface area contributed by atoms with Crippen molar-refractivity contribution in [2.24, 2.45) is 5.92 Å². The largest absolute Gasteiger partial charge is 0.215 e. The molecule has 1 unspecified atom stereocenters. The lowest BCUT2D eigenvalue weighted by atomic mass is 10.2. The fourth-order valence-corrected chi connectivity index (χ4v) is 2.61. The van der Waals surface area contributed by atoms with Crippen LogP contribution in [0.5, 0.6) is 0 Å². The molecule has 0 aromatic heterocycles. The molecule has 1 N–H and O–H groups in total. The lowest BCUT2D eigenvalue weighted by Crippen LogP contribution is -2.28. The molecule has 0 aromatic rings. The highest BCUT2D eigenvalue weighted by Crippen LogP contribution is 2.04. The summed E-state index contributed by atoms with van der Waals surface area (Å²) >= 11 is 5.75. The number of hydrogen-bond acceptors (Lipinski definition) is 2. The Balaban J connectivity index is 3.66. The van der Waals surface area contributed by atoms with Crippen LogP contribution in [0, 0.1) is 5.92 Å². The van der Waals surface area contributed by atoms with Crippen molar-refractivity contribution in [2.75, 3.05) is 12.3 Å². The van der Waals surface area contributed by atoms with Gasteiger partial charge in [0, 0.05) is 11.9 Å². The molecule has 5 heteroatoms. The molecule has 0 fully saturated rings. The van der Waals surface area contributed by atoms with Crippen molar-refractivity contribution >= 4 is 21.6 Å². The molecule has 0 aliphatic rings. The summed E-state index contributed by atoms with van der Waals surface area (Å²) in [4.78, 5) is 0. The van der Waals surface area contributed by atoms with Crippen molar-refractivity contribution in [3.63, 3.8) is 0 Å². The first-order valence-electron chi connectivity index (χ1n) is 5.45. The van der Waals surface area contributed by atoms with Gasteiger partial charge in [0.25, 0.3) is 0 Å². The molecule has 0 amide bonds. The first-order chi connectivity index (χ1) is 6.83. The fourth-order valence-electron chi connectivity index (χ4n) is 1.07. The molecule has 1 atom stereocenters. The van der Waals surface area contributed by atoms with Gasteiger partial charge in [-0.05, 0) is 32.1 Å². The van der Waals surface area contributed by atoms with E-state index in [2.05, 4.69) is 4.72 Å². The van der Waals surface area contributed by atoms with Crippen molar-refractivity contribution < 1.29 is 8.42 Å². The summed E-state index contributed by atoms with van der Waals surface area (Å²) in [6.07, 6.45) is 2.35. The fraction of sp³-hybridized carbons (Fsp3) is 1.00. The van der Waals surface area contributed by atoms with E-state index in [1.54, 1.807) is 0 Å². The van der Waals surface area contributed by atoms with Crippen LogP contribution in [0.15, 0.2) is 0 Å². The van der Waals surface area contributed by atoms with Crippen LogP contribution in [-0.2, 0) is 10.0 Å². The number of rotatable bonds is 8. The quantitative estimate of drug-likeness (QED) is 0.535. The van der Waals surface area contributed by atoms with Crippen LogP contribution in [0.2, 0.25) is 0 Å². The number of sulfonamides is 1. The van der Waals surface area contributed by atoms with Gasteiger partial charge in [-0.2, -0.15) is 0 Å². The third-order valence-electron chi connectivity index (χ3n) is 2.06. The molecule has 3 nitrogen and oxygen atoms in total. The van der Waals surface area contributed by atoms with Crippen LogP contribution in [0.1, 0.15) is 40.0 Å². The number of halogens is 1. The lowest BCUT2D eigenvalue weighted by molar-refractivity contribution is 0.558. The van der Waals surface area contributed by atoms with Crippen LogP contribution in [0.4, 0.5) is 0 Å². The highest BCUT2D eigenvalue weighted by Gasteiger charge is 2.10. The summed E-state index contributed by atoms with van der Waals surface area (Å²) in [6, 6.07) is 0. The van der Waals surface area contributed by atoms with Crippen molar-refractivity contribution in [2.45, 2.75) is 45.4 Å². The first kappa shape index (κ1) is 15.2. The van der Waals surface area contributed by atoms with Gasteiger partial charge < -0.3 is 0 Å². The zero-order chi connectivity index (χ0) is 11.9. The van der Waals surface area contributed by atoms with Gasteiger partial charge in [0.2, 0.25) is 10.0 Å². The Morgan fingerprint density at radius 1 is 1.20 bits per heavy atom. The highest BCUT2D eigenvalue weighted by molar-refractivity contribution is 7.89. The van der Waals surface area contributed by atoms with E-state index >= 15 is 0 Å². The summed E-state index contributed by atoms with van der Waals surface area (Å²) in [5.41, 5.74) is 0. The topological polar surface area (TPSA) is 46.2 Å². The molecule has 92 valence electrons. The number of hydrogen-bond donors (Lipinski definition) is 1. The van der Waals surface area contributed by atoms with Crippen molar-refractivity contribution in [3.05, 3.63) is 0 Å². The Morgan fingerprint density at radius 2 is 1.80 bits per heavy atom. The average molecular weight is 256 g/mol. The monoisotopic (exact) mass is 255 g/mol. The maximum absolute atomic E-state index is 11.4. The van der Waals surface area contributed by atoms with E-state index in [-0.39, 0.29) is 11.1 Å². The second-order valence-corrected chi connectivity index (χ2v) is 6.99. The van der Waals surface area contributed by atoms with E-state index in [0.717, 1.165) is 12.8 Å². The minimum atomic E-state index is -3.07. The molecule has 15 heavy (non-hydrogen) atoms. The highest BCUT2D eigenvalue weighted by atomic mass is 35.5. The summed E-state index contributed by atoms with van der Waals surface area (Å²) in [6.45, 7) is 6.45. The van der Waals surface area contributed by atoms with E-state index < -0.39 is 10.0 Å². The third kappa shape index (κ3) is 10.5. The van der Waals surface area contributed by atoms with E-state index in [0.29, 0.717) is 18.9 Å². The maximum atomic E-state index is 11.4. The zero-order valence-corrected chi connectivity index (χ0v) is 11.4. The van der Waals surface area contributed by atoms with E-state index in [4.69, 9.17) is 11.6 Å². The Kier molecular flexibility index (Phi) is 7.57. The third-order valence-corrected chi connectivity index (χ3v) is 3.70. The second-order valence-electron chi connectivity index (χ2n) is 4.32. The molecular formula is C10H22ClNO2S. The van der Waals surface area contributed by atoms with Crippen LogP contribution < -0.4 is 4.72 Å². The number of nitrogens with one attached hydrogen (secondary N) is 1. The molecule has 0 heterocycles. The minimum absolute atomic E-state index is 0.116. The van der Waals surface area contributed by atoms with Crippen molar-refractivity contribution in [1.29, 1.82) is 0 Å². The molecular weight excluding hydrogens is 234 g/mol. The Bertz CT molecular complexity index is 250. The van der Waals surface area contributed by atoms with Crippen LogP contribution in [0.25, 0.3) is 0 Å². The summed E-state index contributed by atoms with van der Waals surface area (Å²) in [7, 11) is -3.07. The van der Waals surface area contributed by atoms with Crippen molar-refractivity contribution in [3.8, 4) is 0 Å². The van der Waals surface area contributed by atoms with E-state index in [9.17, 15) is 8.42 Å². The second kappa shape index (κ2) is 7.47. The molecule has 0 bridgehead atoms. The Labute approximate surface area is 98.6 Å². The van der Waals surface area contributed by atoms with E-state index in [1.165, 1.54) is 0 Å². The predicted molar refractivity (Wildman–Crippen MR) is 65.8 cm³/mol.